The Hall–Kier alpha value is -1.71. The lowest BCUT2D eigenvalue weighted by Gasteiger charge is -2.01. The van der Waals surface area contributed by atoms with Crippen LogP contribution >= 0.6 is 0 Å². The standard InChI is InChI=1S/C10H10N2O2/c1-5-4-6(2)11-10-8(5)9(13)12-7(3)14-10/h4H,1-3H3. The molecule has 2 aromatic rings. The monoisotopic (exact) mass is 190 g/mol. The molecule has 2 rings (SSSR count). The first kappa shape index (κ1) is 8.87. The van der Waals surface area contributed by atoms with Gasteiger partial charge in [-0.2, -0.15) is 4.98 Å². The first-order chi connectivity index (χ1) is 6.58. The smallest absolute Gasteiger partial charge is 0.285 e. The van der Waals surface area contributed by atoms with Crippen LogP contribution < -0.4 is 5.56 Å². The second kappa shape index (κ2) is 2.90. The lowest BCUT2D eigenvalue weighted by Crippen LogP contribution is -2.09. The maximum Gasteiger partial charge on any atom is 0.285 e. The zero-order chi connectivity index (χ0) is 10.3. The zero-order valence-corrected chi connectivity index (χ0v) is 8.29. The van der Waals surface area contributed by atoms with Crippen molar-refractivity contribution in [2.45, 2.75) is 20.8 Å². The first-order valence-corrected chi connectivity index (χ1v) is 4.33. The van der Waals surface area contributed by atoms with Gasteiger partial charge < -0.3 is 4.42 Å². The molecular weight excluding hydrogens is 180 g/mol. The fourth-order valence-corrected chi connectivity index (χ4v) is 1.50. The van der Waals surface area contributed by atoms with Crippen LogP contribution in [-0.4, -0.2) is 9.97 Å². The lowest BCUT2D eigenvalue weighted by molar-refractivity contribution is 0.523. The van der Waals surface area contributed by atoms with Gasteiger partial charge in [-0.25, -0.2) is 4.98 Å². The van der Waals surface area contributed by atoms with Crippen LogP contribution in [0.1, 0.15) is 17.1 Å². The summed E-state index contributed by atoms with van der Waals surface area (Å²) < 4.78 is 5.28. The van der Waals surface area contributed by atoms with Crippen molar-refractivity contribution in [3.05, 3.63) is 33.6 Å². The molecule has 0 saturated carbocycles. The molecule has 0 N–H and O–H groups in total. The van der Waals surface area contributed by atoms with Crippen LogP contribution in [0.25, 0.3) is 11.1 Å². The summed E-state index contributed by atoms with van der Waals surface area (Å²) in [7, 11) is 0. The summed E-state index contributed by atoms with van der Waals surface area (Å²) in [5, 5.41) is 0.473. The van der Waals surface area contributed by atoms with Gasteiger partial charge in [-0.15, -0.1) is 0 Å². The predicted octanol–water partition coefficient (Wildman–Crippen LogP) is 1.51. The Labute approximate surface area is 80.6 Å². The number of fused-ring (bicyclic) bond motifs is 1. The molecule has 0 aliphatic heterocycles. The number of nitrogens with zero attached hydrogens (tertiary/aromatic N) is 2. The summed E-state index contributed by atoms with van der Waals surface area (Å²) in [5.74, 6) is 0.347. The molecule has 0 aromatic carbocycles. The van der Waals surface area contributed by atoms with Crippen molar-refractivity contribution in [2.24, 2.45) is 0 Å². The van der Waals surface area contributed by atoms with Gasteiger partial charge in [-0.3, -0.25) is 4.79 Å². The molecular formula is C10H10N2O2. The van der Waals surface area contributed by atoms with E-state index < -0.39 is 0 Å². The second-order valence-electron chi connectivity index (χ2n) is 3.30. The number of hydrogen-bond acceptors (Lipinski definition) is 4. The van der Waals surface area contributed by atoms with Crippen LogP contribution in [0.4, 0.5) is 0 Å². The molecule has 0 saturated heterocycles. The Kier molecular flexibility index (Phi) is 1.84. The number of aromatic nitrogens is 2. The maximum atomic E-state index is 11.5. The van der Waals surface area contributed by atoms with E-state index in [2.05, 4.69) is 9.97 Å². The van der Waals surface area contributed by atoms with Gasteiger partial charge in [-0.1, -0.05) is 0 Å². The molecule has 0 spiro atoms. The number of rotatable bonds is 0. The quantitative estimate of drug-likeness (QED) is 0.631. The fraction of sp³-hybridized carbons (Fsp3) is 0.300. The third-order valence-corrected chi connectivity index (χ3v) is 2.03. The van der Waals surface area contributed by atoms with E-state index in [1.54, 1.807) is 6.92 Å². The van der Waals surface area contributed by atoms with Crippen molar-refractivity contribution >= 4 is 11.1 Å². The van der Waals surface area contributed by atoms with E-state index in [9.17, 15) is 4.79 Å². The molecule has 72 valence electrons. The highest BCUT2D eigenvalue weighted by Gasteiger charge is 2.08. The van der Waals surface area contributed by atoms with Crippen molar-refractivity contribution in [3.8, 4) is 0 Å². The molecule has 0 atom stereocenters. The van der Waals surface area contributed by atoms with Gasteiger partial charge in [0.25, 0.3) is 5.56 Å². The molecule has 4 heteroatoms. The Bertz CT molecular complexity index is 553. The summed E-state index contributed by atoms with van der Waals surface area (Å²) in [6.07, 6.45) is 0. The summed E-state index contributed by atoms with van der Waals surface area (Å²) in [6.45, 7) is 5.35. The Morgan fingerprint density at radius 1 is 1.21 bits per heavy atom. The van der Waals surface area contributed by atoms with Crippen LogP contribution in [0, 0.1) is 20.8 Å². The van der Waals surface area contributed by atoms with Gasteiger partial charge in [0.2, 0.25) is 5.71 Å². The van der Waals surface area contributed by atoms with Crippen LogP contribution in [0.5, 0.6) is 0 Å². The maximum absolute atomic E-state index is 11.5. The molecule has 2 aromatic heterocycles. The largest absolute Gasteiger partial charge is 0.424 e. The minimum atomic E-state index is -0.270. The van der Waals surface area contributed by atoms with Crippen LogP contribution in [0.15, 0.2) is 15.3 Å². The number of aryl methyl sites for hydroxylation is 3. The molecule has 0 aliphatic carbocycles. The SMILES string of the molecule is Cc1cc(C)c2c(=O)nc(C)oc2n1. The van der Waals surface area contributed by atoms with Crippen LogP contribution in [-0.2, 0) is 0 Å². The van der Waals surface area contributed by atoms with Crippen molar-refractivity contribution in [2.75, 3.05) is 0 Å². The van der Waals surface area contributed by atoms with Crippen molar-refractivity contribution < 1.29 is 4.42 Å². The van der Waals surface area contributed by atoms with E-state index in [0.29, 0.717) is 17.0 Å². The summed E-state index contributed by atoms with van der Waals surface area (Å²) in [4.78, 5) is 19.4. The lowest BCUT2D eigenvalue weighted by atomic mass is 10.2. The Morgan fingerprint density at radius 3 is 2.64 bits per heavy atom. The highest BCUT2D eigenvalue weighted by molar-refractivity contribution is 5.75. The minimum Gasteiger partial charge on any atom is -0.424 e. The van der Waals surface area contributed by atoms with E-state index >= 15 is 0 Å². The van der Waals surface area contributed by atoms with E-state index in [4.69, 9.17) is 4.42 Å². The normalized spacial score (nSPS) is 10.8. The first-order valence-electron chi connectivity index (χ1n) is 4.33. The average Bonchev–Trinajstić information content (AvgIpc) is 1.99. The minimum absolute atomic E-state index is 0.270. The topological polar surface area (TPSA) is 56.0 Å². The van der Waals surface area contributed by atoms with Crippen LogP contribution in [0.2, 0.25) is 0 Å². The van der Waals surface area contributed by atoms with Gasteiger partial charge in [-0.05, 0) is 25.5 Å². The number of pyridine rings is 1. The Balaban J connectivity index is 3.02. The highest BCUT2D eigenvalue weighted by atomic mass is 16.4. The average molecular weight is 190 g/mol. The molecule has 14 heavy (non-hydrogen) atoms. The van der Waals surface area contributed by atoms with Gasteiger partial charge >= 0.3 is 0 Å². The predicted molar refractivity (Wildman–Crippen MR) is 52.3 cm³/mol. The molecule has 0 aliphatic rings. The molecule has 0 radical (unpaired) electrons. The van der Waals surface area contributed by atoms with E-state index in [0.717, 1.165) is 11.3 Å². The van der Waals surface area contributed by atoms with E-state index in [-0.39, 0.29) is 5.56 Å². The zero-order valence-electron chi connectivity index (χ0n) is 8.29. The van der Waals surface area contributed by atoms with Crippen LogP contribution in [0.3, 0.4) is 0 Å². The third-order valence-electron chi connectivity index (χ3n) is 2.03. The summed E-state index contributed by atoms with van der Waals surface area (Å²) in [6, 6.07) is 1.84. The van der Waals surface area contributed by atoms with Crippen molar-refractivity contribution in [1.82, 2.24) is 9.97 Å². The van der Waals surface area contributed by atoms with Gasteiger partial charge in [0.1, 0.15) is 5.39 Å². The molecule has 4 nitrogen and oxygen atoms in total. The van der Waals surface area contributed by atoms with Gasteiger partial charge in [0.15, 0.2) is 5.89 Å². The molecule has 0 amide bonds. The highest BCUT2D eigenvalue weighted by Crippen LogP contribution is 2.13. The molecule has 0 fully saturated rings. The Morgan fingerprint density at radius 2 is 1.93 bits per heavy atom. The van der Waals surface area contributed by atoms with E-state index in [1.807, 2.05) is 19.9 Å². The van der Waals surface area contributed by atoms with Crippen molar-refractivity contribution in [1.29, 1.82) is 0 Å². The summed E-state index contributed by atoms with van der Waals surface area (Å²) >= 11 is 0. The number of hydrogen-bond donors (Lipinski definition) is 0. The van der Waals surface area contributed by atoms with E-state index in [1.165, 1.54) is 0 Å². The molecule has 0 bridgehead atoms. The molecule has 2 heterocycles. The van der Waals surface area contributed by atoms with Crippen molar-refractivity contribution in [3.63, 3.8) is 0 Å². The fourth-order valence-electron chi connectivity index (χ4n) is 1.50. The third kappa shape index (κ3) is 1.28. The molecule has 0 unspecified atom stereocenters. The summed E-state index contributed by atoms with van der Waals surface area (Å²) in [5.41, 5.74) is 1.80. The van der Waals surface area contributed by atoms with Gasteiger partial charge in [0.05, 0.1) is 0 Å². The van der Waals surface area contributed by atoms with Gasteiger partial charge in [0, 0.05) is 12.6 Å². The second-order valence-corrected chi connectivity index (χ2v) is 3.30.